The van der Waals surface area contributed by atoms with E-state index in [1.54, 1.807) is 4.90 Å². The van der Waals surface area contributed by atoms with E-state index in [0.717, 1.165) is 32.4 Å². The second-order valence-corrected chi connectivity index (χ2v) is 8.57. The number of nitrogens with zero attached hydrogens (tertiary/aromatic N) is 3. The molecule has 1 saturated carbocycles. The predicted molar refractivity (Wildman–Crippen MR) is 81.8 cm³/mol. The van der Waals surface area contributed by atoms with Crippen molar-refractivity contribution in [2.24, 2.45) is 0 Å². The molecule has 3 rings (SSSR count). The van der Waals surface area contributed by atoms with Gasteiger partial charge in [0.1, 0.15) is 0 Å². The van der Waals surface area contributed by atoms with Crippen molar-refractivity contribution in [2.45, 2.75) is 37.8 Å². The fourth-order valence-electron chi connectivity index (χ4n) is 3.77. The Hall–Kier alpha value is -0.700. The van der Waals surface area contributed by atoms with Crippen LogP contribution in [0, 0.1) is 0 Å². The summed E-state index contributed by atoms with van der Waals surface area (Å²) in [7, 11) is -3.21. The first kappa shape index (κ1) is 16.2. The molecule has 1 aliphatic carbocycles. The van der Waals surface area contributed by atoms with Crippen molar-refractivity contribution in [3.8, 4) is 0 Å². The zero-order valence-corrected chi connectivity index (χ0v) is 13.7. The third-order valence-corrected chi connectivity index (χ3v) is 7.00. The quantitative estimate of drug-likeness (QED) is 0.723. The first-order valence-corrected chi connectivity index (χ1v) is 9.76. The number of amides is 1. The van der Waals surface area contributed by atoms with Gasteiger partial charge in [0.25, 0.3) is 0 Å². The molecule has 1 N–H and O–H groups in total. The minimum absolute atomic E-state index is 0.0195. The highest BCUT2D eigenvalue weighted by Crippen LogP contribution is 2.25. The summed E-state index contributed by atoms with van der Waals surface area (Å²) in [5.74, 6) is 0.0604. The summed E-state index contributed by atoms with van der Waals surface area (Å²) < 4.78 is 24.8. The van der Waals surface area contributed by atoms with Gasteiger partial charge in [0.2, 0.25) is 15.9 Å². The van der Waals surface area contributed by atoms with E-state index in [1.807, 2.05) is 0 Å². The summed E-state index contributed by atoms with van der Waals surface area (Å²) in [6.45, 7) is 3.21. The molecule has 2 aliphatic heterocycles. The summed E-state index contributed by atoms with van der Waals surface area (Å²) in [5.41, 5.74) is 0. The second-order valence-electron chi connectivity index (χ2n) is 6.49. The number of carbonyl (C=O) groups excluding carboxylic acids is 1. The molecule has 2 unspecified atom stereocenters. The zero-order valence-electron chi connectivity index (χ0n) is 12.9. The minimum atomic E-state index is -3.21. The van der Waals surface area contributed by atoms with Gasteiger partial charge in [-0.15, -0.1) is 0 Å². The molecule has 126 valence electrons. The van der Waals surface area contributed by atoms with Crippen molar-refractivity contribution in [3.63, 3.8) is 0 Å². The van der Waals surface area contributed by atoms with Crippen LogP contribution in [0.1, 0.15) is 25.7 Å². The van der Waals surface area contributed by atoms with Crippen molar-refractivity contribution in [1.29, 1.82) is 0 Å². The third-order valence-electron chi connectivity index (χ3n) is 5.09. The van der Waals surface area contributed by atoms with Crippen molar-refractivity contribution >= 4 is 15.9 Å². The molecule has 0 aromatic heterocycles. The molecule has 2 atom stereocenters. The van der Waals surface area contributed by atoms with E-state index in [-0.39, 0.29) is 30.4 Å². The number of aliphatic hydroxyl groups is 1. The second kappa shape index (κ2) is 6.43. The van der Waals surface area contributed by atoms with Crippen LogP contribution >= 0.6 is 0 Å². The number of aliphatic hydroxyl groups excluding tert-OH is 1. The van der Waals surface area contributed by atoms with Crippen LogP contribution in [0.2, 0.25) is 0 Å². The molecule has 3 fully saturated rings. The van der Waals surface area contributed by atoms with Crippen molar-refractivity contribution < 1.29 is 18.3 Å². The van der Waals surface area contributed by atoms with Crippen LogP contribution in [0.4, 0.5) is 0 Å². The van der Waals surface area contributed by atoms with E-state index in [2.05, 4.69) is 4.90 Å². The summed E-state index contributed by atoms with van der Waals surface area (Å²) in [6.07, 6.45) is 3.34. The number of hydrogen-bond donors (Lipinski definition) is 1. The van der Waals surface area contributed by atoms with Gasteiger partial charge < -0.3 is 10.0 Å². The average molecular weight is 331 g/mol. The van der Waals surface area contributed by atoms with Crippen molar-refractivity contribution in [3.05, 3.63) is 0 Å². The standard InChI is InChI=1S/C14H25N3O4S/c18-13-4-1-3-12(13)15-6-8-16(9-7-15)14(19)11-17-5-2-10-22(17,20)21/h12-13,18H,1-11H2. The van der Waals surface area contributed by atoms with E-state index in [1.165, 1.54) is 4.31 Å². The molecule has 0 bridgehead atoms. The molecular weight excluding hydrogens is 306 g/mol. The number of rotatable bonds is 3. The predicted octanol–water partition coefficient (Wildman–Crippen LogP) is -0.920. The molecule has 0 radical (unpaired) electrons. The normalized spacial score (nSPS) is 33.4. The molecule has 1 amide bonds. The molecule has 8 heteroatoms. The van der Waals surface area contributed by atoms with E-state index in [9.17, 15) is 18.3 Å². The molecular formula is C14H25N3O4S. The van der Waals surface area contributed by atoms with Crippen LogP contribution in [0.15, 0.2) is 0 Å². The molecule has 7 nitrogen and oxygen atoms in total. The number of carbonyl (C=O) groups is 1. The lowest BCUT2D eigenvalue weighted by molar-refractivity contribution is -0.133. The fraction of sp³-hybridized carbons (Fsp3) is 0.929. The zero-order chi connectivity index (χ0) is 15.7. The Balaban J connectivity index is 1.50. The smallest absolute Gasteiger partial charge is 0.237 e. The Morgan fingerprint density at radius 3 is 2.32 bits per heavy atom. The van der Waals surface area contributed by atoms with Crippen LogP contribution in [-0.4, -0.2) is 90.7 Å². The van der Waals surface area contributed by atoms with Gasteiger partial charge in [-0.25, -0.2) is 8.42 Å². The van der Waals surface area contributed by atoms with Gasteiger partial charge in [0, 0.05) is 38.8 Å². The van der Waals surface area contributed by atoms with E-state index >= 15 is 0 Å². The van der Waals surface area contributed by atoms with Crippen LogP contribution in [0.3, 0.4) is 0 Å². The summed E-state index contributed by atoms with van der Waals surface area (Å²) in [4.78, 5) is 16.3. The maximum atomic E-state index is 12.3. The first-order chi connectivity index (χ1) is 10.5. The Morgan fingerprint density at radius 2 is 1.77 bits per heavy atom. The van der Waals surface area contributed by atoms with Gasteiger partial charge in [-0.05, 0) is 25.7 Å². The largest absolute Gasteiger partial charge is 0.391 e. The topological polar surface area (TPSA) is 81.2 Å². The van der Waals surface area contributed by atoms with Crippen molar-refractivity contribution in [2.75, 3.05) is 45.0 Å². The Kier molecular flexibility index (Phi) is 4.72. The van der Waals surface area contributed by atoms with Gasteiger partial charge >= 0.3 is 0 Å². The highest BCUT2D eigenvalue weighted by molar-refractivity contribution is 7.89. The average Bonchev–Trinajstić information content (AvgIpc) is 3.05. The lowest BCUT2D eigenvalue weighted by Crippen LogP contribution is -2.55. The van der Waals surface area contributed by atoms with Crippen LogP contribution < -0.4 is 0 Å². The maximum Gasteiger partial charge on any atom is 0.237 e. The van der Waals surface area contributed by atoms with Crippen molar-refractivity contribution in [1.82, 2.24) is 14.1 Å². The van der Waals surface area contributed by atoms with Crippen LogP contribution in [-0.2, 0) is 14.8 Å². The van der Waals surface area contributed by atoms with Crippen LogP contribution in [0.5, 0.6) is 0 Å². The summed E-state index contributed by atoms with van der Waals surface area (Å²) in [5, 5.41) is 9.97. The van der Waals surface area contributed by atoms with Crippen LogP contribution in [0.25, 0.3) is 0 Å². The monoisotopic (exact) mass is 331 g/mol. The number of sulfonamides is 1. The minimum Gasteiger partial charge on any atom is -0.391 e. The van der Waals surface area contributed by atoms with E-state index < -0.39 is 10.0 Å². The molecule has 0 spiro atoms. The molecule has 3 aliphatic rings. The Morgan fingerprint density at radius 1 is 1.05 bits per heavy atom. The summed E-state index contributed by atoms with van der Waals surface area (Å²) in [6, 6.07) is 0.233. The molecule has 2 saturated heterocycles. The highest BCUT2D eigenvalue weighted by Gasteiger charge is 2.35. The first-order valence-electron chi connectivity index (χ1n) is 8.15. The number of piperazine rings is 1. The molecule has 0 aromatic carbocycles. The Labute approximate surface area is 131 Å². The molecule has 2 heterocycles. The highest BCUT2D eigenvalue weighted by atomic mass is 32.2. The summed E-state index contributed by atoms with van der Waals surface area (Å²) >= 11 is 0. The lowest BCUT2D eigenvalue weighted by Gasteiger charge is -2.39. The van der Waals surface area contributed by atoms with E-state index in [4.69, 9.17) is 0 Å². The Bertz CT molecular complexity index is 516. The van der Waals surface area contributed by atoms with Gasteiger partial charge in [-0.3, -0.25) is 9.69 Å². The lowest BCUT2D eigenvalue weighted by atomic mass is 10.1. The van der Waals surface area contributed by atoms with E-state index in [0.29, 0.717) is 26.1 Å². The van der Waals surface area contributed by atoms with Gasteiger partial charge in [-0.1, -0.05) is 0 Å². The SMILES string of the molecule is O=C(CN1CCCS1(=O)=O)N1CCN(C2CCCC2O)CC1. The van der Waals surface area contributed by atoms with Gasteiger partial charge in [0.15, 0.2) is 0 Å². The van der Waals surface area contributed by atoms with Gasteiger partial charge in [-0.2, -0.15) is 4.31 Å². The molecule has 22 heavy (non-hydrogen) atoms. The fourth-order valence-corrected chi connectivity index (χ4v) is 5.24. The molecule has 0 aromatic rings. The number of hydrogen-bond acceptors (Lipinski definition) is 5. The van der Waals surface area contributed by atoms with Gasteiger partial charge in [0.05, 0.1) is 18.4 Å². The maximum absolute atomic E-state index is 12.3. The third kappa shape index (κ3) is 3.29.